The zero-order valence-electron chi connectivity index (χ0n) is 8.15. The molecule has 0 unspecified atom stereocenters. The minimum absolute atomic E-state index is 0.316. The van der Waals surface area contributed by atoms with Crippen LogP contribution in [0.3, 0.4) is 0 Å². The summed E-state index contributed by atoms with van der Waals surface area (Å²) in [4.78, 5) is 0. The molecule has 0 bridgehead atoms. The van der Waals surface area contributed by atoms with Gasteiger partial charge in [-0.2, -0.15) is 4.31 Å². The van der Waals surface area contributed by atoms with Crippen LogP contribution in [0.5, 0.6) is 0 Å². The summed E-state index contributed by atoms with van der Waals surface area (Å²) in [6.07, 6.45) is 4.31. The normalized spacial score (nSPS) is 23.0. The Morgan fingerprint density at radius 2 is 1.86 bits per heavy atom. The van der Waals surface area contributed by atoms with Crippen molar-refractivity contribution in [3.05, 3.63) is 0 Å². The molecule has 0 radical (unpaired) electrons. The van der Waals surface area contributed by atoms with Crippen molar-refractivity contribution in [3.8, 4) is 0 Å². The number of sulfonamides is 1. The van der Waals surface area contributed by atoms with Crippen LogP contribution in [0, 0.1) is 5.92 Å². The molecule has 0 aliphatic heterocycles. The summed E-state index contributed by atoms with van der Waals surface area (Å²) in [5, 5.41) is 0.743. The van der Waals surface area contributed by atoms with Crippen molar-refractivity contribution in [2.75, 3.05) is 17.6 Å². The first-order valence-corrected chi connectivity index (χ1v) is 7.92. The van der Waals surface area contributed by atoms with Crippen LogP contribution in [0.2, 0.25) is 0 Å². The van der Waals surface area contributed by atoms with E-state index in [0.717, 1.165) is 31.0 Å². The lowest BCUT2D eigenvalue weighted by molar-refractivity contribution is 0.422. The van der Waals surface area contributed by atoms with E-state index in [0.29, 0.717) is 24.3 Å². The lowest BCUT2D eigenvalue weighted by Crippen LogP contribution is -2.36. The number of alkyl halides is 1. The number of hydrogen-bond donors (Lipinski definition) is 0. The molecule has 0 spiro atoms. The molecule has 0 aromatic carbocycles. The van der Waals surface area contributed by atoms with E-state index < -0.39 is 10.0 Å². The van der Waals surface area contributed by atoms with Gasteiger partial charge in [-0.3, -0.25) is 0 Å². The van der Waals surface area contributed by atoms with Crippen LogP contribution >= 0.6 is 15.9 Å². The van der Waals surface area contributed by atoms with E-state index in [4.69, 9.17) is 0 Å². The molecule has 2 rings (SSSR count). The van der Waals surface area contributed by atoms with Crippen LogP contribution in [-0.2, 0) is 10.0 Å². The van der Waals surface area contributed by atoms with Crippen molar-refractivity contribution in [1.29, 1.82) is 0 Å². The molecule has 82 valence electrons. The molecule has 2 saturated carbocycles. The highest BCUT2D eigenvalue weighted by Crippen LogP contribution is 2.35. The second kappa shape index (κ2) is 4.10. The lowest BCUT2D eigenvalue weighted by atomic mass is 10.5. The first-order chi connectivity index (χ1) is 6.63. The minimum Gasteiger partial charge on any atom is -0.212 e. The van der Waals surface area contributed by atoms with Crippen molar-refractivity contribution in [2.24, 2.45) is 5.92 Å². The molecule has 3 nitrogen and oxygen atoms in total. The Morgan fingerprint density at radius 1 is 1.21 bits per heavy atom. The fourth-order valence-corrected chi connectivity index (χ4v) is 4.44. The molecular formula is C9H16BrNO2S. The topological polar surface area (TPSA) is 37.4 Å². The first kappa shape index (κ1) is 10.9. The van der Waals surface area contributed by atoms with Crippen LogP contribution in [0.1, 0.15) is 25.7 Å². The molecule has 14 heavy (non-hydrogen) atoms. The molecule has 2 fully saturated rings. The Kier molecular flexibility index (Phi) is 3.19. The molecule has 0 saturated heterocycles. The minimum atomic E-state index is -2.95. The average molecular weight is 282 g/mol. The summed E-state index contributed by atoms with van der Waals surface area (Å²) in [5.41, 5.74) is 0. The van der Waals surface area contributed by atoms with Gasteiger partial charge in [0, 0.05) is 17.9 Å². The molecule has 0 atom stereocenters. The molecule has 0 heterocycles. The average Bonchev–Trinajstić information content (AvgIpc) is 2.91. The number of nitrogens with zero attached hydrogens (tertiary/aromatic N) is 1. The quantitative estimate of drug-likeness (QED) is 0.694. The van der Waals surface area contributed by atoms with Crippen LogP contribution in [0.15, 0.2) is 0 Å². The van der Waals surface area contributed by atoms with Crippen LogP contribution < -0.4 is 0 Å². The third-order valence-corrected chi connectivity index (χ3v) is 5.20. The van der Waals surface area contributed by atoms with E-state index in [1.54, 1.807) is 4.31 Å². The third kappa shape index (κ3) is 2.70. The van der Waals surface area contributed by atoms with Crippen LogP contribution in [0.4, 0.5) is 0 Å². The second-order valence-electron chi connectivity index (χ2n) is 4.25. The highest BCUT2D eigenvalue weighted by atomic mass is 79.9. The monoisotopic (exact) mass is 281 g/mol. The molecule has 2 aliphatic rings. The molecular weight excluding hydrogens is 266 g/mol. The molecule has 0 aromatic rings. The largest absolute Gasteiger partial charge is 0.214 e. The molecule has 5 heteroatoms. The maximum atomic E-state index is 12.0. The van der Waals surface area contributed by atoms with Gasteiger partial charge in [0.05, 0.1) is 5.75 Å². The first-order valence-electron chi connectivity index (χ1n) is 5.19. The van der Waals surface area contributed by atoms with Gasteiger partial charge in [-0.05, 0) is 31.6 Å². The van der Waals surface area contributed by atoms with Gasteiger partial charge in [0.25, 0.3) is 0 Å². The maximum absolute atomic E-state index is 12.0. The predicted molar refractivity (Wildman–Crippen MR) is 60.0 cm³/mol. The maximum Gasteiger partial charge on any atom is 0.214 e. The second-order valence-corrected chi connectivity index (χ2v) is 7.01. The molecule has 2 aliphatic carbocycles. The SMILES string of the molecule is O=S(=O)(CC1CC1)N(CCBr)C1CC1. The van der Waals surface area contributed by atoms with Gasteiger partial charge in [-0.15, -0.1) is 0 Å². The number of hydrogen-bond acceptors (Lipinski definition) is 2. The smallest absolute Gasteiger partial charge is 0.212 e. The van der Waals surface area contributed by atoms with Crippen LogP contribution in [0.25, 0.3) is 0 Å². The van der Waals surface area contributed by atoms with E-state index in [1.807, 2.05) is 0 Å². The van der Waals surface area contributed by atoms with Gasteiger partial charge in [0.15, 0.2) is 0 Å². The van der Waals surface area contributed by atoms with Crippen molar-refractivity contribution in [3.63, 3.8) is 0 Å². The van der Waals surface area contributed by atoms with E-state index in [9.17, 15) is 8.42 Å². The van der Waals surface area contributed by atoms with Crippen molar-refractivity contribution in [1.82, 2.24) is 4.31 Å². The van der Waals surface area contributed by atoms with E-state index in [1.165, 1.54) is 0 Å². The zero-order chi connectivity index (χ0) is 10.2. The van der Waals surface area contributed by atoms with Crippen molar-refractivity contribution >= 4 is 26.0 Å². The Labute approximate surface area is 94.0 Å². The van der Waals surface area contributed by atoms with Gasteiger partial charge >= 0.3 is 0 Å². The van der Waals surface area contributed by atoms with Gasteiger partial charge in [-0.25, -0.2) is 8.42 Å². The van der Waals surface area contributed by atoms with Gasteiger partial charge < -0.3 is 0 Å². The van der Waals surface area contributed by atoms with E-state index in [2.05, 4.69) is 15.9 Å². The Bertz CT molecular complexity index is 296. The van der Waals surface area contributed by atoms with E-state index in [-0.39, 0.29) is 0 Å². The van der Waals surface area contributed by atoms with Gasteiger partial charge in [-0.1, -0.05) is 15.9 Å². The molecule has 0 N–H and O–H groups in total. The summed E-state index contributed by atoms with van der Waals surface area (Å²) in [5.74, 6) is 0.841. The summed E-state index contributed by atoms with van der Waals surface area (Å²) in [7, 11) is -2.95. The summed E-state index contributed by atoms with van der Waals surface area (Å²) < 4.78 is 25.6. The Balaban J connectivity index is 1.99. The fraction of sp³-hybridized carbons (Fsp3) is 1.00. The summed E-state index contributed by atoms with van der Waals surface area (Å²) in [6.45, 7) is 0.639. The number of rotatable bonds is 6. The Hall–Kier alpha value is 0.390. The van der Waals surface area contributed by atoms with Gasteiger partial charge in [0.1, 0.15) is 0 Å². The van der Waals surface area contributed by atoms with Crippen molar-refractivity contribution < 1.29 is 8.42 Å². The highest BCUT2D eigenvalue weighted by molar-refractivity contribution is 9.09. The predicted octanol–water partition coefficient (Wildman–Crippen LogP) is 1.59. The molecule has 0 amide bonds. The lowest BCUT2D eigenvalue weighted by Gasteiger charge is -2.20. The summed E-state index contributed by atoms with van der Waals surface area (Å²) >= 11 is 3.31. The van der Waals surface area contributed by atoms with E-state index >= 15 is 0 Å². The Morgan fingerprint density at radius 3 is 2.29 bits per heavy atom. The number of halogens is 1. The highest BCUT2D eigenvalue weighted by Gasteiger charge is 2.39. The summed E-state index contributed by atoms with van der Waals surface area (Å²) in [6, 6.07) is 0.316. The van der Waals surface area contributed by atoms with Gasteiger partial charge in [0.2, 0.25) is 10.0 Å². The van der Waals surface area contributed by atoms with Crippen molar-refractivity contribution in [2.45, 2.75) is 31.7 Å². The third-order valence-electron chi connectivity index (χ3n) is 2.76. The van der Waals surface area contributed by atoms with Crippen LogP contribution in [-0.4, -0.2) is 36.4 Å². The zero-order valence-corrected chi connectivity index (χ0v) is 10.6. The standard InChI is InChI=1S/C9H16BrNO2S/c10-5-6-11(9-3-4-9)14(12,13)7-8-1-2-8/h8-9H,1-7H2. The fourth-order valence-electron chi connectivity index (χ4n) is 1.67. The molecule has 0 aromatic heterocycles.